The Labute approximate surface area is 142 Å². The fraction of sp³-hybridized carbons (Fsp3) is 0.250. The molecule has 3 rings (SSSR count). The van der Waals surface area contributed by atoms with Crippen LogP contribution in [0.1, 0.15) is 18.7 Å². The number of aliphatic hydroxyl groups is 1. The molecule has 3 aromatic rings. The summed E-state index contributed by atoms with van der Waals surface area (Å²) in [5.41, 5.74) is 0.796. The van der Waals surface area contributed by atoms with Crippen LogP contribution < -0.4 is 5.56 Å². The van der Waals surface area contributed by atoms with Crippen LogP contribution in [-0.2, 0) is 6.54 Å². The summed E-state index contributed by atoms with van der Waals surface area (Å²) >= 11 is 1.40. The molecule has 0 saturated heterocycles. The predicted molar refractivity (Wildman–Crippen MR) is 93.5 cm³/mol. The number of hydrogen-bond acceptors (Lipinski definition) is 6. The number of fused-ring (bicyclic) bond motifs is 1. The zero-order valence-corrected chi connectivity index (χ0v) is 14.2. The first kappa shape index (κ1) is 16.4. The normalized spacial score (nSPS) is 12.5. The molecule has 0 bridgehead atoms. The fourth-order valence-electron chi connectivity index (χ4n) is 2.42. The smallest absolute Gasteiger partial charge is 0.278 e. The molecule has 0 spiro atoms. The minimum atomic E-state index is -0.706. The van der Waals surface area contributed by atoms with E-state index in [2.05, 4.69) is 21.5 Å². The van der Waals surface area contributed by atoms with Crippen molar-refractivity contribution in [1.82, 2.24) is 24.3 Å². The van der Waals surface area contributed by atoms with Crippen molar-refractivity contribution in [3.63, 3.8) is 0 Å². The maximum atomic E-state index is 12.7. The molecular formula is C16H17N5O2S. The van der Waals surface area contributed by atoms with Crippen LogP contribution in [0, 0.1) is 0 Å². The van der Waals surface area contributed by atoms with E-state index < -0.39 is 6.10 Å². The van der Waals surface area contributed by atoms with Gasteiger partial charge in [-0.1, -0.05) is 23.9 Å². The second-order valence-electron chi connectivity index (χ2n) is 5.18. The molecule has 3 aromatic heterocycles. The van der Waals surface area contributed by atoms with Crippen molar-refractivity contribution < 1.29 is 5.11 Å². The monoisotopic (exact) mass is 343 g/mol. The van der Waals surface area contributed by atoms with Gasteiger partial charge in [0.2, 0.25) is 0 Å². The summed E-state index contributed by atoms with van der Waals surface area (Å²) in [5, 5.41) is 10.8. The fourth-order valence-corrected chi connectivity index (χ4v) is 2.76. The highest BCUT2D eigenvalue weighted by molar-refractivity contribution is 7.98. The van der Waals surface area contributed by atoms with Gasteiger partial charge in [-0.3, -0.25) is 4.79 Å². The third-order valence-corrected chi connectivity index (χ3v) is 4.10. The number of hydrogen-bond donors (Lipinski definition) is 1. The topological polar surface area (TPSA) is 85.8 Å². The van der Waals surface area contributed by atoms with Crippen LogP contribution in [-0.4, -0.2) is 35.7 Å². The lowest BCUT2D eigenvalue weighted by Crippen LogP contribution is -2.22. The summed E-state index contributed by atoms with van der Waals surface area (Å²) in [6.45, 7) is 5.66. The zero-order valence-electron chi connectivity index (χ0n) is 13.4. The molecule has 0 amide bonds. The largest absolute Gasteiger partial charge is 0.387 e. The van der Waals surface area contributed by atoms with Crippen LogP contribution in [0.4, 0.5) is 0 Å². The van der Waals surface area contributed by atoms with Gasteiger partial charge in [0.1, 0.15) is 5.39 Å². The van der Waals surface area contributed by atoms with Gasteiger partial charge in [-0.15, -0.1) is 6.58 Å². The molecular weight excluding hydrogens is 326 g/mol. The molecule has 0 saturated carbocycles. The summed E-state index contributed by atoms with van der Waals surface area (Å²) in [4.78, 5) is 25.8. The number of pyridine rings is 1. The van der Waals surface area contributed by atoms with E-state index in [0.29, 0.717) is 34.2 Å². The number of rotatable bonds is 5. The van der Waals surface area contributed by atoms with E-state index in [1.54, 1.807) is 35.9 Å². The Bertz CT molecular complexity index is 961. The predicted octanol–water partition coefficient (Wildman–Crippen LogP) is 1.94. The molecule has 7 nitrogen and oxygen atoms in total. The number of thioether (sulfide) groups is 1. The van der Waals surface area contributed by atoms with Gasteiger partial charge >= 0.3 is 0 Å². The standard InChI is InChI=1S/C16H17N5O2S/c1-4-8-20-15(23)11-9-17-16(24-3)19-14(11)21(20)13-7-5-6-12(18-13)10(2)22/h4-7,9-10,22H,1,8H2,2-3H3/t10-/m1/s1. The van der Waals surface area contributed by atoms with E-state index in [-0.39, 0.29) is 5.56 Å². The Morgan fingerprint density at radius 3 is 2.88 bits per heavy atom. The van der Waals surface area contributed by atoms with Crippen molar-refractivity contribution in [3.05, 3.63) is 53.1 Å². The first-order valence-corrected chi connectivity index (χ1v) is 8.58. The third-order valence-electron chi connectivity index (χ3n) is 3.54. The zero-order chi connectivity index (χ0) is 17.3. The van der Waals surface area contributed by atoms with E-state index in [9.17, 15) is 9.90 Å². The van der Waals surface area contributed by atoms with Crippen LogP contribution in [0.15, 0.2) is 47.0 Å². The van der Waals surface area contributed by atoms with Crippen LogP contribution in [0.2, 0.25) is 0 Å². The Morgan fingerprint density at radius 1 is 1.42 bits per heavy atom. The molecule has 1 atom stereocenters. The average molecular weight is 343 g/mol. The molecule has 0 unspecified atom stereocenters. The number of aromatic nitrogens is 5. The molecule has 1 N–H and O–H groups in total. The van der Waals surface area contributed by atoms with Crippen molar-refractivity contribution >= 4 is 22.8 Å². The van der Waals surface area contributed by atoms with Crippen molar-refractivity contribution in [1.29, 1.82) is 0 Å². The Balaban J connectivity index is 2.36. The van der Waals surface area contributed by atoms with Crippen LogP contribution in [0.25, 0.3) is 16.9 Å². The quantitative estimate of drug-likeness (QED) is 0.433. The molecule has 124 valence electrons. The van der Waals surface area contributed by atoms with Gasteiger partial charge < -0.3 is 5.11 Å². The number of aliphatic hydroxyl groups excluding tert-OH is 1. The van der Waals surface area contributed by atoms with E-state index in [1.165, 1.54) is 22.6 Å². The van der Waals surface area contributed by atoms with E-state index in [1.807, 2.05) is 6.26 Å². The van der Waals surface area contributed by atoms with Crippen molar-refractivity contribution in [2.24, 2.45) is 0 Å². The highest BCUT2D eigenvalue weighted by Crippen LogP contribution is 2.18. The van der Waals surface area contributed by atoms with Gasteiger partial charge in [-0.25, -0.2) is 24.3 Å². The highest BCUT2D eigenvalue weighted by Gasteiger charge is 2.18. The van der Waals surface area contributed by atoms with E-state index >= 15 is 0 Å². The molecule has 8 heteroatoms. The lowest BCUT2D eigenvalue weighted by Gasteiger charge is -2.12. The van der Waals surface area contributed by atoms with Crippen LogP contribution in [0.5, 0.6) is 0 Å². The van der Waals surface area contributed by atoms with Gasteiger partial charge in [0.05, 0.1) is 18.3 Å². The molecule has 3 heterocycles. The van der Waals surface area contributed by atoms with Crippen molar-refractivity contribution in [2.45, 2.75) is 24.7 Å². The maximum Gasteiger partial charge on any atom is 0.278 e. The summed E-state index contributed by atoms with van der Waals surface area (Å²) in [5.74, 6) is 0.508. The Morgan fingerprint density at radius 2 is 2.21 bits per heavy atom. The summed E-state index contributed by atoms with van der Waals surface area (Å²) < 4.78 is 3.15. The summed E-state index contributed by atoms with van der Waals surface area (Å²) in [7, 11) is 0. The molecule has 0 aliphatic heterocycles. The number of allylic oxidation sites excluding steroid dienone is 1. The molecule has 24 heavy (non-hydrogen) atoms. The lowest BCUT2D eigenvalue weighted by molar-refractivity contribution is 0.194. The minimum Gasteiger partial charge on any atom is -0.387 e. The van der Waals surface area contributed by atoms with Crippen molar-refractivity contribution in [3.8, 4) is 5.82 Å². The van der Waals surface area contributed by atoms with Crippen LogP contribution >= 0.6 is 11.8 Å². The Kier molecular flexibility index (Phi) is 4.50. The summed E-state index contributed by atoms with van der Waals surface area (Å²) in [6.07, 6.45) is 4.34. The second kappa shape index (κ2) is 6.58. The summed E-state index contributed by atoms with van der Waals surface area (Å²) in [6, 6.07) is 5.29. The van der Waals surface area contributed by atoms with Gasteiger partial charge in [-0.05, 0) is 25.3 Å². The molecule has 0 radical (unpaired) electrons. The third kappa shape index (κ3) is 2.74. The van der Waals surface area contributed by atoms with Gasteiger partial charge in [0.25, 0.3) is 5.56 Å². The lowest BCUT2D eigenvalue weighted by atomic mass is 10.2. The first-order valence-electron chi connectivity index (χ1n) is 7.35. The molecule has 0 aromatic carbocycles. The second-order valence-corrected chi connectivity index (χ2v) is 5.95. The minimum absolute atomic E-state index is 0.207. The van der Waals surface area contributed by atoms with E-state index in [4.69, 9.17) is 0 Å². The van der Waals surface area contributed by atoms with Gasteiger partial charge in [0.15, 0.2) is 16.6 Å². The van der Waals surface area contributed by atoms with Crippen molar-refractivity contribution in [2.75, 3.05) is 6.26 Å². The SMILES string of the molecule is C=CCn1c(=O)c2cnc(SC)nc2n1-c1cccc([C@@H](C)O)n1. The Hall–Kier alpha value is -2.45. The molecule has 0 aliphatic carbocycles. The average Bonchev–Trinajstić information content (AvgIpc) is 2.87. The molecule has 0 fully saturated rings. The van der Waals surface area contributed by atoms with Gasteiger partial charge in [-0.2, -0.15) is 0 Å². The van der Waals surface area contributed by atoms with Crippen LogP contribution in [0.3, 0.4) is 0 Å². The number of nitrogens with zero attached hydrogens (tertiary/aromatic N) is 5. The maximum absolute atomic E-state index is 12.7. The highest BCUT2D eigenvalue weighted by atomic mass is 32.2. The van der Waals surface area contributed by atoms with Gasteiger partial charge in [0, 0.05) is 6.20 Å². The molecule has 0 aliphatic rings. The van der Waals surface area contributed by atoms with E-state index in [0.717, 1.165) is 0 Å². The first-order chi connectivity index (χ1) is 11.6.